The first-order valence-electron chi connectivity index (χ1n) is 28.4. The van der Waals surface area contributed by atoms with Crippen LogP contribution in [0.3, 0.4) is 0 Å². The number of benzene rings is 4. The van der Waals surface area contributed by atoms with Crippen LogP contribution in [0.1, 0.15) is 46.7 Å². The fourth-order valence-corrected chi connectivity index (χ4v) is 13.0. The number of halogens is 4. The lowest BCUT2D eigenvalue weighted by Gasteiger charge is -2.37. The van der Waals surface area contributed by atoms with E-state index in [1.807, 2.05) is 109 Å². The highest BCUT2D eigenvalue weighted by atomic mass is 35.5. The number of fused-ring (bicyclic) bond motifs is 6. The van der Waals surface area contributed by atoms with Gasteiger partial charge in [-0.15, -0.1) is 0 Å². The summed E-state index contributed by atoms with van der Waals surface area (Å²) in [5.41, 5.74) is 17.2. The minimum Gasteiger partial charge on any atom is -0.371 e. The molecule has 11 heterocycles. The smallest absolute Gasteiger partial charge is 0.314 e. The van der Waals surface area contributed by atoms with Gasteiger partial charge in [-0.25, -0.2) is 4.79 Å². The van der Waals surface area contributed by atoms with Gasteiger partial charge in [0.2, 0.25) is 0 Å². The summed E-state index contributed by atoms with van der Waals surface area (Å²) >= 11 is 24.9. The molecule has 2 amide bonds. The Balaban J connectivity index is 0.000000111. The molecule has 21 nitrogen and oxygen atoms in total. The summed E-state index contributed by atoms with van der Waals surface area (Å²) in [6.07, 6.45) is 15.0. The predicted molar refractivity (Wildman–Crippen MR) is 341 cm³/mol. The summed E-state index contributed by atoms with van der Waals surface area (Å²) in [5, 5.41) is 50.5. The normalized spacial score (nSPS) is 15.3. The van der Waals surface area contributed by atoms with Gasteiger partial charge in [-0.3, -0.25) is 34.7 Å². The summed E-state index contributed by atoms with van der Waals surface area (Å²) in [6, 6.07) is 19.9. The number of nitrogens with zero attached hydrogens (tertiary/aromatic N) is 14. The number of hydrogen-bond donors (Lipinski definition) is 6. The number of anilines is 5. The average molecular weight is 1230 g/mol. The van der Waals surface area contributed by atoms with Crippen molar-refractivity contribution in [1.82, 2.24) is 76.0 Å². The van der Waals surface area contributed by atoms with E-state index < -0.39 is 0 Å². The fourth-order valence-electron chi connectivity index (χ4n) is 12.1. The zero-order chi connectivity index (χ0) is 58.9. The van der Waals surface area contributed by atoms with Crippen LogP contribution in [0.4, 0.5) is 33.2 Å². The number of carbonyl (C=O) groups is 1. The Bertz CT molecular complexity index is 4070. The lowest BCUT2D eigenvalue weighted by atomic mass is 10.0. The molecule has 85 heavy (non-hydrogen) atoms. The fraction of sp³-hybridized carbons (Fsp3) is 0.333. The molecule has 0 atom stereocenters. The first kappa shape index (κ1) is 57.2. The second-order valence-electron chi connectivity index (χ2n) is 21.8. The zero-order valence-electron chi connectivity index (χ0n) is 47.9. The van der Waals surface area contributed by atoms with Crippen LogP contribution in [0.5, 0.6) is 0 Å². The van der Waals surface area contributed by atoms with E-state index in [-0.39, 0.29) is 12.1 Å². The van der Waals surface area contributed by atoms with Gasteiger partial charge in [0.1, 0.15) is 0 Å². The van der Waals surface area contributed by atoms with E-state index in [9.17, 15) is 4.79 Å². The number of aromatic amines is 4. The Morgan fingerprint density at radius 3 is 1.48 bits per heavy atom. The van der Waals surface area contributed by atoms with Crippen LogP contribution in [0.25, 0.3) is 43.6 Å². The summed E-state index contributed by atoms with van der Waals surface area (Å²) < 4.78 is 3.98. The molecule has 7 aromatic heterocycles. The third kappa shape index (κ3) is 12.2. The molecule has 4 aliphatic heterocycles. The van der Waals surface area contributed by atoms with Gasteiger partial charge >= 0.3 is 6.03 Å². The van der Waals surface area contributed by atoms with Gasteiger partial charge in [-0.1, -0.05) is 46.4 Å². The molecule has 11 aromatic rings. The van der Waals surface area contributed by atoms with Crippen LogP contribution >= 0.6 is 46.4 Å². The molecule has 0 radical (unpaired) electrons. The number of piperidine rings is 1. The minimum absolute atomic E-state index is 0.117. The van der Waals surface area contributed by atoms with E-state index in [0.29, 0.717) is 5.02 Å². The third-order valence-electron chi connectivity index (χ3n) is 16.7. The number of nitrogens with one attached hydrogen (secondary N) is 6. The summed E-state index contributed by atoms with van der Waals surface area (Å²) in [4.78, 5) is 27.3. The van der Waals surface area contributed by atoms with E-state index in [1.165, 1.54) is 33.9 Å². The topological polar surface area (TPSA) is 221 Å². The molecule has 2 saturated heterocycles. The van der Waals surface area contributed by atoms with Crippen LogP contribution in [-0.2, 0) is 40.0 Å². The Kier molecular flexibility index (Phi) is 16.7. The predicted octanol–water partition coefficient (Wildman–Crippen LogP) is 10.7. The molecule has 0 bridgehead atoms. The van der Waals surface area contributed by atoms with Crippen LogP contribution in [-0.4, -0.2) is 137 Å². The van der Waals surface area contributed by atoms with Crippen molar-refractivity contribution in [3.05, 3.63) is 152 Å². The second-order valence-corrected chi connectivity index (χ2v) is 23.6. The van der Waals surface area contributed by atoms with E-state index in [2.05, 4.69) is 111 Å². The number of aryl methyl sites for hydroxylation is 3. The van der Waals surface area contributed by atoms with E-state index in [4.69, 9.17) is 46.4 Å². The van der Waals surface area contributed by atoms with Crippen LogP contribution < -0.4 is 35.1 Å². The number of carbonyl (C=O) groups excluding carboxylic acids is 1. The molecular weight excluding hydrogens is 1160 g/mol. The number of rotatable bonds is 6. The quantitative estimate of drug-likeness (QED) is 0.0914. The number of aromatic nitrogens is 13. The molecule has 4 aromatic carbocycles. The van der Waals surface area contributed by atoms with E-state index in [0.717, 1.165) is 178 Å². The highest BCUT2D eigenvalue weighted by Crippen LogP contribution is 2.37. The molecular formula is C60H66Cl4N20O. The van der Waals surface area contributed by atoms with Crippen molar-refractivity contribution in [2.75, 3.05) is 83.9 Å². The number of amides is 2. The number of piperazine rings is 1. The molecule has 25 heteroatoms. The zero-order valence-corrected chi connectivity index (χ0v) is 50.9. The van der Waals surface area contributed by atoms with Gasteiger partial charge in [0.25, 0.3) is 0 Å². The minimum atomic E-state index is -0.117. The molecule has 15 rings (SSSR count). The summed E-state index contributed by atoms with van der Waals surface area (Å²) in [6.45, 7) is 13.5. The molecule has 0 unspecified atom stereocenters. The first-order valence-corrected chi connectivity index (χ1v) is 29.9. The van der Waals surface area contributed by atoms with Crippen molar-refractivity contribution in [1.29, 1.82) is 0 Å². The SMILES string of the molecule is CNC(=O)NC1CCN(c2cc(Cl)cc3[nH]ncc23)CC1.Cc1c2c(nn1C)CCN(c1cc(Cl)cc3[nH]ncc13)C2.Cc1nn(C)c2c1CN(c1cc(Cl)cc3[nH]ncc13)CC2.Clc1cc(N2CCN(c3cccnc3)CC2)c2cn[nH]c2c1. The highest BCUT2D eigenvalue weighted by molar-refractivity contribution is 6.33. The van der Waals surface area contributed by atoms with Crippen LogP contribution in [0, 0.1) is 13.8 Å². The van der Waals surface area contributed by atoms with Crippen molar-refractivity contribution < 1.29 is 4.79 Å². The van der Waals surface area contributed by atoms with Crippen molar-refractivity contribution in [3.63, 3.8) is 0 Å². The maximum Gasteiger partial charge on any atom is 0.314 e. The van der Waals surface area contributed by atoms with E-state index >= 15 is 0 Å². The Labute approximate surface area is 510 Å². The second kappa shape index (κ2) is 24.8. The van der Waals surface area contributed by atoms with E-state index in [1.54, 1.807) is 13.2 Å². The third-order valence-corrected chi connectivity index (χ3v) is 17.5. The molecule has 2 fully saturated rings. The molecule has 0 spiro atoms. The molecule has 6 N–H and O–H groups in total. The van der Waals surface area contributed by atoms with Crippen LogP contribution in [0.2, 0.25) is 20.1 Å². The van der Waals surface area contributed by atoms with Gasteiger partial charge in [-0.2, -0.15) is 30.6 Å². The average Bonchev–Trinajstić information content (AvgIpc) is 3.39. The van der Waals surface area contributed by atoms with Crippen molar-refractivity contribution in [2.45, 2.75) is 58.7 Å². The maximum absolute atomic E-state index is 11.4. The Morgan fingerprint density at radius 2 is 1.00 bits per heavy atom. The van der Waals surface area contributed by atoms with Crippen molar-refractivity contribution in [2.24, 2.45) is 14.1 Å². The Hall–Kier alpha value is -8.24. The number of H-pyrrole nitrogens is 4. The van der Waals surface area contributed by atoms with Crippen LogP contribution in [0.15, 0.2) is 97.8 Å². The van der Waals surface area contributed by atoms with Gasteiger partial charge in [0.15, 0.2) is 0 Å². The number of hydrogen-bond acceptors (Lipinski definition) is 13. The monoisotopic (exact) mass is 1220 g/mol. The van der Waals surface area contributed by atoms with Crippen molar-refractivity contribution in [3.8, 4) is 0 Å². The van der Waals surface area contributed by atoms with Gasteiger partial charge in [0, 0.05) is 199 Å². The van der Waals surface area contributed by atoms with Gasteiger partial charge < -0.3 is 35.1 Å². The standard InChI is InChI=1S/C16H16ClN5.2C15H16ClN5.C14H18ClN5O/c17-12-8-15-14(11-19-20-15)16(9-12)22-6-4-21(5-7-22)13-2-1-3-18-10-13;1-9-12-8-21(4-3-14(12)20(2)19-9)15-6-10(16)5-13-11(15)7-17-18-13;1-9-12-8-21(4-3-13(12)19-20(9)2)15-6-10(16)5-14-11(15)7-17-18-14;1-16-14(21)18-10-2-4-20(5-3-10)13-7-9(15)6-12-11(13)8-17-19-12/h1-3,8-11H,4-7H2,(H,19,20);2*5-7H,3-4,8H2,1-2H3,(H,17,18);6-8,10H,2-5H2,1H3,(H,17,19)(H2,16,18,21). The molecule has 440 valence electrons. The number of urea groups is 1. The largest absolute Gasteiger partial charge is 0.371 e. The highest BCUT2D eigenvalue weighted by Gasteiger charge is 2.27. The molecule has 0 aliphatic carbocycles. The van der Waals surface area contributed by atoms with Gasteiger partial charge in [0.05, 0.1) is 70.1 Å². The van der Waals surface area contributed by atoms with Gasteiger partial charge in [-0.05, 0) is 87.4 Å². The summed E-state index contributed by atoms with van der Waals surface area (Å²) in [5.74, 6) is 0. The van der Waals surface area contributed by atoms with Crippen molar-refractivity contribution >= 4 is 124 Å². The lowest BCUT2D eigenvalue weighted by Crippen LogP contribution is -2.47. The summed E-state index contributed by atoms with van der Waals surface area (Å²) in [7, 11) is 5.66. The molecule has 4 aliphatic rings. The molecule has 0 saturated carbocycles. The first-order chi connectivity index (χ1) is 41.2. The Morgan fingerprint density at radius 1 is 0.541 bits per heavy atom. The lowest BCUT2D eigenvalue weighted by molar-refractivity contribution is 0.236. The number of pyridine rings is 1. The maximum atomic E-state index is 11.4.